The first kappa shape index (κ1) is 8.99. The molecule has 1 fully saturated rings. The predicted molar refractivity (Wildman–Crippen MR) is 41.4 cm³/mol. The number of rotatable bonds is 2. The lowest BCUT2D eigenvalue weighted by molar-refractivity contribution is -0.127. The molecule has 1 aliphatic rings. The Labute approximate surface area is 70.4 Å². The summed E-state index contributed by atoms with van der Waals surface area (Å²) in [7, 11) is 0. The van der Waals surface area contributed by atoms with Gasteiger partial charge in [0, 0.05) is 0 Å². The first-order valence-corrected chi connectivity index (χ1v) is 3.82. The van der Waals surface area contributed by atoms with E-state index in [1.54, 1.807) is 13.8 Å². The molecule has 0 spiro atoms. The molecule has 1 aliphatic heterocycles. The van der Waals surface area contributed by atoms with Crippen LogP contribution < -0.4 is 5.32 Å². The molecule has 3 amide bonds. The Morgan fingerprint density at radius 3 is 2.42 bits per heavy atom. The molecule has 0 aliphatic carbocycles. The van der Waals surface area contributed by atoms with Gasteiger partial charge >= 0.3 is 6.03 Å². The summed E-state index contributed by atoms with van der Waals surface area (Å²) in [6.07, 6.45) is -0.696. The summed E-state index contributed by atoms with van der Waals surface area (Å²) in [6.45, 7) is 3.22. The maximum atomic E-state index is 11.1. The normalized spacial score (nSPS) is 22.4. The highest BCUT2D eigenvalue weighted by molar-refractivity contribution is 6.02. The number of hydrogen-bond acceptors (Lipinski definition) is 3. The van der Waals surface area contributed by atoms with Crippen molar-refractivity contribution < 1.29 is 14.7 Å². The van der Waals surface area contributed by atoms with Gasteiger partial charge in [-0.25, -0.2) is 4.79 Å². The fourth-order valence-corrected chi connectivity index (χ4v) is 1.06. The highest BCUT2D eigenvalue weighted by Crippen LogP contribution is 2.08. The summed E-state index contributed by atoms with van der Waals surface area (Å²) in [4.78, 5) is 23.1. The van der Waals surface area contributed by atoms with E-state index >= 15 is 0 Å². The van der Waals surface area contributed by atoms with E-state index in [-0.39, 0.29) is 12.5 Å². The van der Waals surface area contributed by atoms with Gasteiger partial charge in [0.05, 0.1) is 18.7 Å². The van der Waals surface area contributed by atoms with E-state index in [4.69, 9.17) is 5.11 Å². The number of carbonyl (C=O) groups excluding carboxylic acids is 2. The molecule has 1 saturated heterocycles. The highest BCUT2D eigenvalue weighted by atomic mass is 16.3. The minimum absolute atomic E-state index is 0.0376. The molecule has 0 aromatic rings. The minimum Gasteiger partial charge on any atom is -0.391 e. The molecule has 2 atom stereocenters. The lowest BCUT2D eigenvalue weighted by Gasteiger charge is -2.23. The van der Waals surface area contributed by atoms with Gasteiger partial charge in [-0.1, -0.05) is 0 Å². The van der Waals surface area contributed by atoms with Crippen LogP contribution in [0.15, 0.2) is 0 Å². The van der Waals surface area contributed by atoms with Crippen molar-refractivity contribution in [3.05, 3.63) is 0 Å². The van der Waals surface area contributed by atoms with E-state index in [0.717, 1.165) is 4.90 Å². The SMILES string of the molecule is CC(O)C(C)N1C(=O)CNC1=O. The molecule has 0 aromatic carbocycles. The van der Waals surface area contributed by atoms with Gasteiger partial charge in [0.25, 0.3) is 0 Å². The number of aliphatic hydroxyl groups is 1. The molecule has 0 saturated carbocycles. The molecular formula is C7H12N2O3. The molecule has 0 bridgehead atoms. The summed E-state index contributed by atoms with van der Waals surface area (Å²) < 4.78 is 0. The third-order valence-electron chi connectivity index (χ3n) is 1.98. The molecule has 1 heterocycles. The molecule has 12 heavy (non-hydrogen) atoms. The molecular weight excluding hydrogens is 160 g/mol. The van der Waals surface area contributed by atoms with Crippen LogP contribution in [0.2, 0.25) is 0 Å². The van der Waals surface area contributed by atoms with Crippen LogP contribution in [0.5, 0.6) is 0 Å². The highest BCUT2D eigenvalue weighted by Gasteiger charge is 2.34. The second-order valence-electron chi connectivity index (χ2n) is 2.90. The molecule has 1 rings (SSSR count). The van der Waals surface area contributed by atoms with Crippen LogP contribution in [0.1, 0.15) is 13.8 Å². The summed E-state index contributed by atoms with van der Waals surface area (Å²) in [5.74, 6) is -0.284. The Balaban J connectivity index is 2.72. The van der Waals surface area contributed by atoms with Crippen molar-refractivity contribution in [3.63, 3.8) is 0 Å². The Kier molecular flexibility index (Phi) is 2.32. The lowest BCUT2D eigenvalue weighted by Crippen LogP contribution is -2.44. The van der Waals surface area contributed by atoms with E-state index in [1.165, 1.54) is 0 Å². The fraction of sp³-hybridized carbons (Fsp3) is 0.714. The van der Waals surface area contributed by atoms with E-state index in [9.17, 15) is 9.59 Å². The number of urea groups is 1. The number of carbonyl (C=O) groups is 2. The van der Waals surface area contributed by atoms with Gasteiger partial charge in [-0.05, 0) is 13.8 Å². The van der Waals surface area contributed by atoms with E-state index in [1.807, 2.05) is 0 Å². The van der Waals surface area contributed by atoms with Crippen molar-refractivity contribution in [2.75, 3.05) is 6.54 Å². The molecule has 0 aromatic heterocycles. The smallest absolute Gasteiger partial charge is 0.324 e. The van der Waals surface area contributed by atoms with Crippen molar-refractivity contribution in [1.82, 2.24) is 10.2 Å². The molecule has 0 radical (unpaired) electrons. The summed E-state index contributed by atoms with van der Waals surface area (Å²) in [5.41, 5.74) is 0. The fourth-order valence-electron chi connectivity index (χ4n) is 1.06. The van der Waals surface area contributed by atoms with Crippen molar-refractivity contribution in [2.24, 2.45) is 0 Å². The van der Waals surface area contributed by atoms with Crippen LogP contribution in [0.25, 0.3) is 0 Å². The second kappa shape index (κ2) is 3.10. The largest absolute Gasteiger partial charge is 0.391 e. The topological polar surface area (TPSA) is 69.6 Å². The minimum atomic E-state index is -0.696. The maximum absolute atomic E-state index is 11.1. The molecule has 68 valence electrons. The number of nitrogens with one attached hydrogen (secondary N) is 1. The first-order chi connectivity index (χ1) is 5.54. The van der Waals surface area contributed by atoms with Crippen LogP contribution in [0.4, 0.5) is 4.79 Å². The predicted octanol–water partition coefficient (Wildman–Crippen LogP) is -0.692. The Bertz CT molecular complexity index is 199. The van der Waals surface area contributed by atoms with E-state index in [2.05, 4.69) is 5.32 Å². The van der Waals surface area contributed by atoms with Gasteiger partial charge in [0.15, 0.2) is 0 Å². The van der Waals surface area contributed by atoms with Crippen LogP contribution in [0, 0.1) is 0 Å². The zero-order valence-electron chi connectivity index (χ0n) is 7.07. The summed E-state index contributed by atoms with van der Waals surface area (Å²) in [5, 5.41) is 11.5. The third-order valence-corrected chi connectivity index (χ3v) is 1.98. The first-order valence-electron chi connectivity index (χ1n) is 3.82. The van der Waals surface area contributed by atoms with Gasteiger partial charge < -0.3 is 10.4 Å². The molecule has 5 nitrogen and oxygen atoms in total. The second-order valence-corrected chi connectivity index (χ2v) is 2.90. The van der Waals surface area contributed by atoms with E-state index in [0.29, 0.717) is 0 Å². The van der Waals surface area contributed by atoms with Gasteiger partial charge in [0.2, 0.25) is 5.91 Å². The average Bonchev–Trinajstić information content (AvgIpc) is 2.30. The Morgan fingerprint density at radius 1 is 1.50 bits per heavy atom. The van der Waals surface area contributed by atoms with Gasteiger partial charge in [-0.2, -0.15) is 0 Å². The zero-order chi connectivity index (χ0) is 9.30. The van der Waals surface area contributed by atoms with Gasteiger partial charge in [0.1, 0.15) is 0 Å². The monoisotopic (exact) mass is 172 g/mol. The number of imide groups is 1. The van der Waals surface area contributed by atoms with Crippen LogP contribution >= 0.6 is 0 Å². The van der Waals surface area contributed by atoms with Crippen LogP contribution in [0.3, 0.4) is 0 Å². The van der Waals surface area contributed by atoms with Crippen molar-refractivity contribution in [2.45, 2.75) is 26.0 Å². The summed E-state index contributed by atoms with van der Waals surface area (Å²) in [6, 6.07) is -0.881. The third kappa shape index (κ3) is 1.40. The lowest BCUT2D eigenvalue weighted by atomic mass is 10.2. The summed E-state index contributed by atoms with van der Waals surface area (Å²) >= 11 is 0. The maximum Gasteiger partial charge on any atom is 0.324 e. The number of hydrogen-bond donors (Lipinski definition) is 2. The van der Waals surface area contributed by atoms with Crippen LogP contribution in [-0.4, -0.2) is 40.6 Å². The Hall–Kier alpha value is -1.10. The quantitative estimate of drug-likeness (QED) is 0.541. The standard InChI is InChI=1S/C7H12N2O3/c1-4(5(2)10)9-6(11)3-8-7(9)12/h4-5,10H,3H2,1-2H3,(H,8,12). The zero-order valence-corrected chi connectivity index (χ0v) is 7.07. The Morgan fingerprint density at radius 2 is 2.08 bits per heavy atom. The van der Waals surface area contributed by atoms with Crippen molar-refractivity contribution in [1.29, 1.82) is 0 Å². The average molecular weight is 172 g/mol. The molecule has 2 N–H and O–H groups in total. The molecule has 5 heteroatoms. The number of aliphatic hydroxyl groups excluding tert-OH is 1. The van der Waals surface area contributed by atoms with Crippen molar-refractivity contribution in [3.8, 4) is 0 Å². The van der Waals surface area contributed by atoms with Gasteiger partial charge in [-0.3, -0.25) is 9.69 Å². The van der Waals surface area contributed by atoms with E-state index < -0.39 is 18.2 Å². The molecule has 2 unspecified atom stereocenters. The number of amides is 3. The number of nitrogens with zero attached hydrogens (tertiary/aromatic N) is 1. The van der Waals surface area contributed by atoms with Crippen LogP contribution in [-0.2, 0) is 4.79 Å². The van der Waals surface area contributed by atoms with Crippen molar-refractivity contribution >= 4 is 11.9 Å². The van der Waals surface area contributed by atoms with Gasteiger partial charge in [-0.15, -0.1) is 0 Å².